The van der Waals surface area contributed by atoms with Crippen LogP contribution in [-0.2, 0) is 12.8 Å². The second-order valence-corrected chi connectivity index (χ2v) is 6.88. The largest absolute Gasteiger partial charge is 0.356 e. The molecule has 0 fully saturated rings. The van der Waals surface area contributed by atoms with Gasteiger partial charge in [0.05, 0.1) is 11.0 Å². The molecule has 0 aliphatic rings. The van der Waals surface area contributed by atoms with Gasteiger partial charge in [-0.1, -0.05) is 30.7 Å². The van der Waals surface area contributed by atoms with Crippen LogP contribution >= 0.6 is 22.9 Å². The van der Waals surface area contributed by atoms with Crippen LogP contribution in [0.3, 0.4) is 0 Å². The van der Waals surface area contributed by atoms with Crippen molar-refractivity contribution in [3.8, 4) is 0 Å². The van der Waals surface area contributed by atoms with Crippen molar-refractivity contribution in [1.29, 1.82) is 0 Å². The molecule has 0 radical (unpaired) electrons. The Hall–Kier alpha value is -1.59. The minimum atomic E-state index is 0.157. The molecule has 1 atom stereocenters. The number of thiazole rings is 1. The van der Waals surface area contributed by atoms with Gasteiger partial charge in [-0.25, -0.2) is 4.98 Å². The molecule has 0 saturated carbocycles. The number of benzene rings is 1. The van der Waals surface area contributed by atoms with Gasteiger partial charge in [0.2, 0.25) is 0 Å². The maximum absolute atomic E-state index is 5.93. The molecule has 23 heavy (non-hydrogen) atoms. The van der Waals surface area contributed by atoms with Crippen LogP contribution in [0.15, 0.2) is 35.5 Å². The van der Waals surface area contributed by atoms with E-state index in [1.807, 2.05) is 30.5 Å². The van der Waals surface area contributed by atoms with E-state index < -0.39 is 0 Å². The van der Waals surface area contributed by atoms with E-state index in [-0.39, 0.29) is 6.04 Å². The van der Waals surface area contributed by atoms with Gasteiger partial charge in [-0.3, -0.25) is 4.99 Å². The Morgan fingerprint density at radius 1 is 1.35 bits per heavy atom. The normalized spacial score (nSPS) is 13.0. The SMILES string of the molecule is CCc1cnc(CCNC(=NC)NC(C)c2ccc(Cl)cc2)s1. The summed E-state index contributed by atoms with van der Waals surface area (Å²) >= 11 is 7.71. The van der Waals surface area contributed by atoms with Crippen LogP contribution < -0.4 is 10.6 Å². The summed E-state index contributed by atoms with van der Waals surface area (Å²) in [5.41, 5.74) is 1.17. The van der Waals surface area contributed by atoms with Crippen molar-refractivity contribution < 1.29 is 0 Å². The van der Waals surface area contributed by atoms with Gasteiger partial charge >= 0.3 is 0 Å². The van der Waals surface area contributed by atoms with E-state index in [2.05, 4.69) is 34.5 Å². The quantitative estimate of drug-likeness (QED) is 0.615. The van der Waals surface area contributed by atoms with Crippen molar-refractivity contribution in [2.24, 2.45) is 4.99 Å². The van der Waals surface area contributed by atoms with Crippen LogP contribution in [-0.4, -0.2) is 24.5 Å². The summed E-state index contributed by atoms with van der Waals surface area (Å²) in [4.78, 5) is 10.0. The van der Waals surface area contributed by atoms with Crippen LogP contribution in [0.4, 0.5) is 0 Å². The molecule has 1 aromatic heterocycles. The zero-order valence-electron chi connectivity index (χ0n) is 13.8. The number of rotatable bonds is 6. The molecule has 6 heteroatoms. The highest BCUT2D eigenvalue weighted by atomic mass is 35.5. The number of nitrogens with zero attached hydrogens (tertiary/aromatic N) is 2. The minimum Gasteiger partial charge on any atom is -0.356 e. The van der Waals surface area contributed by atoms with E-state index in [1.165, 1.54) is 10.4 Å². The monoisotopic (exact) mass is 350 g/mol. The molecule has 0 aliphatic carbocycles. The summed E-state index contributed by atoms with van der Waals surface area (Å²) in [6.07, 6.45) is 3.92. The maximum Gasteiger partial charge on any atom is 0.191 e. The van der Waals surface area contributed by atoms with Crippen molar-refractivity contribution in [3.05, 3.63) is 50.9 Å². The van der Waals surface area contributed by atoms with Crippen molar-refractivity contribution in [1.82, 2.24) is 15.6 Å². The molecule has 2 N–H and O–H groups in total. The zero-order chi connectivity index (χ0) is 16.7. The Morgan fingerprint density at radius 3 is 2.70 bits per heavy atom. The Labute approximate surface area is 147 Å². The fraction of sp³-hybridized carbons (Fsp3) is 0.412. The molecule has 1 aromatic carbocycles. The third-order valence-corrected chi connectivity index (χ3v) is 4.98. The van der Waals surface area contributed by atoms with Crippen LogP contribution in [0.25, 0.3) is 0 Å². The summed E-state index contributed by atoms with van der Waals surface area (Å²) in [5, 5.41) is 8.63. The van der Waals surface area contributed by atoms with Crippen molar-refractivity contribution >= 4 is 28.9 Å². The van der Waals surface area contributed by atoms with Crippen molar-refractivity contribution in [3.63, 3.8) is 0 Å². The lowest BCUT2D eigenvalue weighted by Crippen LogP contribution is -2.39. The van der Waals surface area contributed by atoms with Gasteiger partial charge in [-0.2, -0.15) is 0 Å². The first-order valence-electron chi connectivity index (χ1n) is 7.78. The third-order valence-electron chi connectivity index (χ3n) is 3.53. The van der Waals surface area contributed by atoms with Gasteiger partial charge in [0.1, 0.15) is 0 Å². The lowest BCUT2D eigenvalue weighted by atomic mass is 10.1. The minimum absolute atomic E-state index is 0.157. The Morgan fingerprint density at radius 2 is 2.09 bits per heavy atom. The molecule has 2 rings (SSSR count). The Balaban J connectivity index is 1.81. The molecule has 0 amide bonds. The lowest BCUT2D eigenvalue weighted by molar-refractivity contribution is 0.684. The molecule has 0 aliphatic heterocycles. The summed E-state index contributed by atoms with van der Waals surface area (Å²) < 4.78 is 0. The van der Waals surface area contributed by atoms with Gasteiger partial charge in [-0.05, 0) is 31.0 Å². The third kappa shape index (κ3) is 5.52. The highest BCUT2D eigenvalue weighted by Crippen LogP contribution is 2.16. The molecule has 124 valence electrons. The van der Waals surface area contributed by atoms with Crippen LogP contribution in [0.2, 0.25) is 5.02 Å². The zero-order valence-corrected chi connectivity index (χ0v) is 15.3. The summed E-state index contributed by atoms with van der Waals surface area (Å²) in [6.45, 7) is 5.06. The van der Waals surface area contributed by atoms with E-state index in [0.29, 0.717) is 0 Å². The van der Waals surface area contributed by atoms with E-state index in [0.717, 1.165) is 35.4 Å². The molecule has 0 bridgehead atoms. The molecular formula is C17H23ClN4S. The van der Waals surface area contributed by atoms with E-state index >= 15 is 0 Å². The number of hydrogen-bond donors (Lipinski definition) is 2. The van der Waals surface area contributed by atoms with Crippen molar-refractivity contribution in [2.75, 3.05) is 13.6 Å². The maximum atomic E-state index is 5.93. The highest BCUT2D eigenvalue weighted by molar-refractivity contribution is 7.11. The predicted molar refractivity (Wildman–Crippen MR) is 99.6 cm³/mol. The first-order chi connectivity index (χ1) is 11.1. The number of guanidine groups is 1. The predicted octanol–water partition coefficient (Wildman–Crippen LogP) is 3.83. The van der Waals surface area contributed by atoms with Crippen LogP contribution in [0.5, 0.6) is 0 Å². The first-order valence-corrected chi connectivity index (χ1v) is 8.98. The van der Waals surface area contributed by atoms with Gasteiger partial charge in [0, 0.05) is 36.1 Å². The average molecular weight is 351 g/mol. The lowest BCUT2D eigenvalue weighted by Gasteiger charge is -2.18. The Kier molecular flexibility index (Phi) is 6.86. The second kappa shape index (κ2) is 8.89. The smallest absolute Gasteiger partial charge is 0.191 e. The topological polar surface area (TPSA) is 49.3 Å². The molecule has 0 spiro atoms. The van der Waals surface area contributed by atoms with Crippen LogP contribution in [0.1, 0.15) is 35.3 Å². The second-order valence-electron chi connectivity index (χ2n) is 5.24. The van der Waals surface area contributed by atoms with E-state index in [4.69, 9.17) is 11.6 Å². The number of hydrogen-bond acceptors (Lipinski definition) is 3. The van der Waals surface area contributed by atoms with Gasteiger partial charge in [-0.15, -0.1) is 11.3 Å². The molecule has 1 heterocycles. The van der Waals surface area contributed by atoms with Gasteiger partial charge < -0.3 is 10.6 Å². The fourth-order valence-corrected chi connectivity index (χ4v) is 3.14. The van der Waals surface area contributed by atoms with Gasteiger partial charge in [0.15, 0.2) is 5.96 Å². The average Bonchev–Trinajstić information content (AvgIpc) is 3.02. The highest BCUT2D eigenvalue weighted by Gasteiger charge is 2.08. The molecule has 4 nitrogen and oxygen atoms in total. The first kappa shape index (κ1) is 17.8. The van der Waals surface area contributed by atoms with Gasteiger partial charge in [0.25, 0.3) is 0 Å². The summed E-state index contributed by atoms with van der Waals surface area (Å²) in [7, 11) is 1.78. The number of halogens is 1. The van der Waals surface area contributed by atoms with E-state index in [1.54, 1.807) is 18.4 Å². The molecular weight excluding hydrogens is 328 g/mol. The Bertz CT molecular complexity index is 636. The number of aryl methyl sites for hydroxylation is 1. The van der Waals surface area contributed by atoms with E-state index in [9.17, 15) is 0 Å². The van der Waals surface area contributed by atoms with Crippen LogP contribution in [0, 0.1) is 0 Å². The number of aromatic nitrogens is 1. The molecule has 0 saturated heterocycles. The number of nitrogens with one attached hydrogen (secondary N) is 2. The standard InChI is InChI=1S/C17H23ClN4S/c1-4-15-11-21-16(23-15)9-10-20-17(19-3)22-12(2)13-5-7-14(18)8-6-13/h5-8,11-12H,4,9-10H2,1-3H3,(H2,19,20,22). The molecule has 1 unspecified atom stereocenters. The fourth-order valence-electron chi connectivity index (χ4n) is 2.15. The molecule has 2 aromatic rings. The van der Waals surface area contributed by atoms with Crippen molar-refractivity contribution in [2.45, 2.75) is 32.7 Å². The summed E-state index contributed by atoms with van der Waals surface area (Å²) in [5.74, 6) is 0.791. The number of aliphatic imine (C=N–C) groups is 1. The summed E-state index contributed by atoms with van der Waals surface area (Å²) in [6, 6.07) is 8.01.